The molecule has 0 aliphatic rings. The Morgan fingerprint density at radius 1 is 1.44 bits per heavy atom. The summed E-state index contributed by atoms with van der Waals surface area (Å²) in [6.07, 6.45) is 0.941. The second-order valence-corrected chi connectivity index (χ2v) is 5.12. The van der Waals surface area contributed by atoms with Crippen molar-refractivity contribution in [3.05, 3.63) is 28.2 Å². The van der Waals surface area contributed by atoms with Gasteiger partial charge in [-0.15, -0.1) is 0 Å². The van der Waals surface area contributed by atoms with Crippen molar-refractivity contribution in [3.63, 3.8) is 0 Å². The maximum absolute atomic E-state index is 11.9. The molecule has 1 amide bonds. The highest BCUT2D eigenvalue weighted by Crippen LogP contribution is 2.25. The van der Waals surface area contributed by atoms with Crippen molar-refractivity contribution >= 4 is 21.8 Å². The van der Waals surface area contributed by atoms with Crippen molar-refractivity contribution in [2.45, 2.75) is 6.42 Å². The molecule has 1 aromatic carbocycles. The lowest BCUT2D eigenvalue weighted by molar-refractivity contribution is 0.0952. The van der Waals surface area contributed by atoms with Crippen LogP contribution in [0.5, 0.6) is 5.75 Å². The van der Waals surface area contributed by atoms with E-state index in [0.717, 1.165) is 23.2 Å². The average Bonchev–Trinajstić information content (AvgIpc) is 2.34. The minimum atomic E-state index is -0.0582. The van der Waals surface area contributed by atoms with E-state index in [0.29, 0.717) is 12.1 Å². The zero-order valence-electron chi connectivity index (χ0n) is 11.0. The number of carbonyl (C=O) groups excluding carboxylic acids is 1. The largest absolute Gasteiger partial charge is 0.496 e. The number of rotatable bonds is 6. The van der Waals surface area contributed by atoms with Crippen LogP contribution >= 0.6 is 15.9 Å². The van der Waals surface area contributed by atoms with E-state index in [1.807, 2.05) is 14.1 Å². The van der Waals surface area contributed by atoms with Crippen molar-refractivity contribution in [2.75, 3.05) is 34.3 Å². The fourth-order valence-electron chi connectivity index (χ4n) is 1.51. The smallest absolute Gasteiger partial charge is 0.251 e. The lowest BCUT2D eigenvalue weighted by Crippen LogP contribution is -2.27. The van der Waals surface area contributed by atoms with Crippen LogP contribution < -0.4 is 10.1 Å². The molecule has 0 saturated heterocycles. The van der Waals surface area contributed by atoms with E-state index in [4.69, 9.17) is 4.74 Å². The molecule has 18 heavy (non-hydrogen) atoms. The number of carbonyl (C=O) groups is 1. The van der Waals surface area contributed by atoms with E-state index >= 15 is 0 Å². The third kappa shape index (κ3) is 4.66. The first-order chi connectivity index (χ1) is 8.54. The van der Waals surface area contributed by atoms with Gasteiger partial charge in [-0.05, 0) is 61.2 Å². The zero-order valence-corrected chi connectivity index (χ0v) is 12.6. The summed E-state index contributed by atoms with van der Waals surface area (Å²) in [7, 11) is 5.63. The van der Waals surface area contributed by atoms with Gasteiger partial charge in [-0.2, -0.15) is 0 Å². The van der Waals surface area contributed by atoms with E-state index in [-0.39, 0.29) is 5.91 Å². The molecule has 1 rings (SSSR count). The molecule has 100 valence electrons. The molecule has 0 spiro atoms. The minimum absolute atomic E-state index is 0.0582. The van der Waals surface area contributed by atoms with Gasteiger partial charge < -0.3 is 15.0 Å². The Bertz CT molecular complexity index is 408. The summed E-state index contributed by atoms with van der Waals surface area (Å²) in [5.74, 6) is 0.663. The van der Waals surface area contributed by atoms with Crippen molar-refractivity contribution in [1.29, 1.82) is 0 Å². The van der Waals surface area contributed by atoms with Crippen molar-refractivity contribution in [3.8, 4) is 5.75 Å². The first-order valence-electron chi connectivity index (χ1n) is 5.81. The number of hydrogen-bond donors (Lipinski definition) is 1. The molecule has 1 N–H and O–H groups in total. The third-order valence-electron chi connectivity index (χ3n) is 2.48. The molecule has 0 aromatic heterocycles. The van der Waals surface area contributed by atoms with Gasteiger partial charge in [0, 0.05) is 12.1 Å². The fraction of sp³-hybridized carbons (Fsp3) is 0.462. The molecule has 1 aromatic rings. The van der Waals surface area contributed by atoms with Crippen LogP contribution in [-0.2, 0) is 0 Å². The Kier molecular flexibility index (Phi) is 6.15. The van der Waals surface area contributed by atoms with Gasteiger partial charge in [0.1, 0.15) is 5.75 Å². The number of halogens is 1. The molecular weight excluding hydrogens is 296 g/mol. The van der Waals surface area contributed by atoms with Crippen molar-refractivity contribution in [1.82, 2.24) is 10.2 Å². The van der Waals surface area contributed by atoms with E-state index in [1.54, 1.807) is 25.3 Å². The Balaban J connectivity index is 2.49. The summed E-state index contributed by atoms with van der Waals surface area (Å²) < 4.78 is 5.90. The molecule has 0 bridgehead atoms. The minimum Gasteiger partial charge on any atom is -0.496 e. The number of hydrogen-bond acceptors (Lipinski definition) is 3. The van der Waals surface area contributed by atoms with E-state index in [9.17, 15) is 4.79 Å². The molecule has 0 aliphatic carbocycles. The van der Waals surface area contributed by atoms with Gasteiger partial charge >= 0.3 is 0 Å². The molecule has 0 saturated carbocycles. The maximum atomic E-state index is 11.9. The summed E-state index contributed by atoms with van der Waals surface area (Å²) in [6, 6.07) is 5.30. The second-order valence-electron chi connectivity index (χ2n) is 4.26. The van der Waals surface area contributed by atoms with Gasteiger partial charge in [-0.3, -0.25) is 4.79 Å². The zero-order chi connectivity index (χ0) is 13.5. The predicted molar refractivity (Wildman–Crippen MR) is 76.2 cm³/mol. The Morgan fingerprint density at radius 3 is 2.72 bits per heavy atom. The first-order valence-corrected chi connectivity index (χ1v) is 6.60. The molecule has 0 heterocycles. The summed E-state index contributed by atoms with van der Waals surface area (Å²) in [5, 5.41) is 2.89. The summed E-state index contributed by atoms with van der Waals surface area (Å²) in [4.78, 5) is 13.9. The molecule has 0 unspecified atom stereocenters. The van der Waals surface area contributed by atoms with Crippen LogP contribution in [0.25, 0.3) is 0 Å². The van der Waals surface area contributed by atoms with Crippen molar-refractivity contribution < 1.29 is 9.53 Å². The molecule has 4 nitrogen and oxygen atoms in total. The van der Waals surface area contributed by atoms with Gasteiger partial charge in [0.15, 0.2) is 0 Å². The normalized spacial score (nSPS) is 10.5. The van der Waals surface area contributed by atoms with Crippen LogP contribution in [0.3, 0.4) is 0 Å². The van der Waals surface area contributed by atoms with Gasteiger partial charge in [0.05, 0.1) is 11.6 Å². The maximum Gasteiger partial charge on any atom is 0.251 e. The molecule has 0 radical (unpaired) electrons. The van der Waals surface area contributed by atoms with Gasteiger partial charge in [-0.1, -0.05) is 0 Å². The van der Waals surface area contributed by atoms with Gasteiger partial charge in [-0.25, -0.2) is 0 Å². The third-order valence-corrected chi connectivity index (χ3v) is 3.10. The quantitative estimate of drug-likeness (QED) is 0.818. The van der Waals surface area contributed by atoms with Crippen LogP contribution in [0, 0.1) is 0 Å². The molecule has 0 fully saturated rings. The summed E-state index contributed by atoms with van der Waals surface area (Å²) in [5.41, 5.74) is 0.632. The number of methoxy groups -OCH3 is 1. The number of ether oxygens (including phenoxy) is 1. The van der Waals surface area contributed by atoms with E-state index in [1.165, 1.54) is 0 Å². The van der Waals surface area contributed by atoms with Crippen LogP contribution in [0.2, 0.25) is 0 Å². The SMILES string of the molecule is COc1ccc(C(=O)NCCCN(C)C)cc1Br. The van der Waals surface area contributed by atoms with E-state index < -0.39 is 0 Å². The highest BCUT2D eigenvalue weighted by Gasteiger charge is 2.08. The summed E-state index contributed by atoms with van der Waals surface area (Å²) in [6.45, 7) is 1.65. The lowest BCUT2D eigenvalue weighted by atomic mass is 10.2. The Hall–Kier alpha value is -1.07. The van der Waals surface area contributed by atoms with Gasteiger partial charge in [0.25, 0.3) is 5.91 Å². The number of amides is 1. The second kappa shape index (κ2) is 7.38. The monoisotopic (exact) mass is 314 g/mol. The highest BCUT2D eigenvalue weighted by atomic mass is 79.9. The lowest BCUT2D eigenvalue weighted by Gasteiger charge is -2.10. The van der Waals surface area contributed by atoms with Crippen LogP contribution in [0.15, 0.2) is 22.7 Å². The molecule has 0 atom stereocenters. The van der Waals surface area contributed by atoms with Crippen molar-refractivity contribution in [2.24, 2.45) is 0 Å². The fourth-order valence-corrected chi connectivity index (χ4v) is 2.05. The summed E-state index contributed by atoms with van der Waals surface area (Å²) >= 11 is 3.36. The number of nitrogens with one attached hydrogen (secondary N) is 1. The predicted octanol–water partition coefficient (Wildman–Crippen LogP) is 2.14. The standard InChI is InChI=1S/C13H19BrN2O2/c1-16(2)8-4-7-15-13(17)10-5-6-12(18-3)11(14)9-10/h5-6,9H,4,7-8H2,1-3H3,(H,15,17). The van der Waals surface area contributed by atoms with Crippen LogP contribution in [-0.4, -0.2) is 45.1 Å². The average molecular weight is 315 g/mol. The first kappa shape index (κ1) is 15.0. The Labute approximate surface area is 116 Å². The van der Waals surface area contributed by atoms with Crippen LogP contribution in [0.4, 0.5) is 0 Å². The highest BCUT2D eigenvalue weighted by molar-refractivity contribution is 9.10. The number of benzene rings is 1. The topological polar surface area (TPSA) is 41.6 Å². The number of nitrogens with zero attached hydrogens (tertiary/aromatic N) is 1. The van der Waals surface area contributed by atoms with Crippen LogP contribution in [0.1, 0.15) is 16.8 Å². The molecule has 5 heteroatoms. The Morgan fingerprint density at radius 2 is 2.17 bits per heavy atom. The molecule has 0 aliphatic heterocycles. The molecular formula is C13H19BrN2O2. The van der Waals surface area contributed by atoms with E-state index in [2.05, 4.69) is 26.1 Å². The van der Waals surface area contributed by atoms with Gasteiger partial charge in [0.2, 0.25) is 0 Å².